The molecule has 0 unspecified atom stereocenters. The van der Waals surface area contributed by atoms with Crippen LogP contribution in [0.2, 0.25) is 0 Å². The second kappa shape index (κ2) is 8.85. The summed E-state index contributed by atoms with van der Waals surface area (Å²) in [5, 5.41) is 13.1. The number of carbonyl (C=O) groups excluding carboxylic acids is 3. The van der Waals surface area contributed by atoms with E-state index in [1.807, 2.05) is 6.07 Å². The summed E-state index contributed by atoms with van der Waals surface area (Å²) < 4.78 is 4.91. The van der Waals surface area contributed by atoms with Gasteiger partial charge in [0.2, 0.25) is 5.91 Å². The van der Waals surface area contributed by atoms with Crippen molar-refractivity contribution in [1.82, 2.24) is 0 Å². The van der Waals surface area contributed by atoms with Gasteiger partial charge in [-0.05, 0) is 37.1 Å². The van der Waals surface area contributed by atoms with Crippen molar-refractivity contribution in [3.8, 4) is 0 Å². The van der Waals surface area contributed by atoms with Crippen LogP contribution in [0.1, 0.15) is 32.4 Å². The average Bonchev–Trinajstić information content (AvgIpc) is 3.49. The Morgan fingerprint density at radius 2 is 1.81 bits per heavy atom. The van der Waals surface area contributed by atoms with E-state index in [4.69, 9.17) is 9.57 Å². The number of non-ortho nitro benzene ring substituents is 1. The van der Waals surface area contributed by atoms with Gasteiger partial charge in [0.05, 0.1) is 29.3 Å². The summed E-state index contributed by atoms with van der Waals surface area (Å²) in [4.78, 5) is 58.8. The Morgan fingerprint density at radius 1 is 1.08 bits per heavy atom. The Labute approximate surface area is 209 Å². The van der Waals surface area contributed by atoms with Gasteiger partial charge in [0.15, 0.2) is 6.10 Å². The van der Waals surface area contributed by atoms with E-state index < -0.39 is 40.8 Å². The molecule has 0 N–H and O–H groups in total. The normalized spacial score (nSPS) is 21.1. The molecule has 2 aliphatic rings. The van der Waals surface area contributed by atoms with Gasteiger partial charge in [-0.15, -0.1) is 11.3 Å². The van der Waals surface area contributed by atoms with Crippen molar-refractivity contribution in [3.05, 3.63) is 86.3 Å². The maximum atomic E-state index is 13.9. The highest BCUT2D eigenvalue weighted by Crippen LogP contribution is 2.49. The number of nitro groups is 1. The molecule has 0 bridgehead atoms. The van der Waals surface area contributed by atoms with Crippen LogP contribution in [0.3, 0.4) is 0 Å². The van der Waals surface area contributed by atoms with E-state index >= 15 is 0 Å². The summed E-state index contributed by atoms with van der Waals surface area (Å²) in [6.45, 7) is 3.52. The van der Waals surface area contributed by atoms with E-state index in [0.717, 1.165) is 21.1 Å². The zero-order chi connectivity index (χ0) is 25.7. The molecule has 3 atom stereocenters. The molecule has 0 saturated carbocycles. The van der Waals surface area contributed by atoms with Gasteiger partial charge in [-0.3, -0.25) is 24.5 Å². The highest BCUT2D eigenvalue weighted by molar-refractivity contribution is 7.17. The predicted octanol–water partition coefficient (Wildman–Crippen LogP) is 4.11. The van der Waals surface area contributed by atoms with Crippen LogP contribution in [-0.2, 0) is 19.2 Å². The Kier molecular flexibility index (Phi) is 5.81. The lowest BCUT2D eigenvalue weighted by Crippen LogP contribution is -2.37. The van der Waals surface area contributed by atoms with Gasteiger partial charge in [-0.25, -0.2) is 14.8 Å². The molecule has 2 fully saturated rings. The number of hydrogen-bond acceptors (Lipinski definition) is 9. The van der Waals surface area contributed by atoms with Gasteiger partial charge in [0.25, 0.3) is 11.6 Å². The van der Waals surface area contributed by atoms with Crippen LogP contribution in [0.15, 0.2) is 54.6 Å². The van der Waals surface area contributed by atoms with Crippen LogP contribution < -0.4 is 9.96 Å². The van der Waals surface area contributed by atoms with Gasteiger partial charge in [-0.1, -0.05) is 30.3 Å². The number of esters is 1. The van der Waals surface area contributed by atoms with Crippen LogP contribution in [-0.4, -0.2) is 35.9 Å². The van der Waals surface area contributed by atoms with Gasteiger partial charge in [0.1, 0.15) is 10.9 Å². The Morgan fingerprint density at radius 3 is 2.47 bits per heavy atom. The molecule has 2 aliphatic heterocycles. The maximum absolute atomic E-state index is 13.9. The fourth-order valence-electron chi connectivity index (χ4n) is 4.68. The molecule has 3 aromatic rings. The molecule has 2 amide bonds. The third-order valence-corrected chi connectivity index (χ3v) is 7.70. The van der Waals surface area contributed by atoms with Gasteiger partial charge in [0, 0.05) is 17.0 Å². The number of anilines is 2. The number of imide groups is 1. The quantitative estimate of drug-likeness (QED) is 0.219. The molecule has 11 heteroatoms. The number of amides is 2. The lowest BCUT2D eigenvalue weighted by atomic mass is 9.90. The average molecular weight is 508 g/mol. The van der Waals surface area contributed by atoms with Crippen LogP contribution in [0.4, 0.5) is 16.4 Å². The van der Waals surface area contributed by atoms with Crippen molar-refractivity contribution >= 4 is 45.5 Å². The second-order valence-corrected chi connectivity index (χ2v) is 9.68. The molecule has 184 valence electrons. The van der Waals surface area contributed by atoms with Crippen molar-refractivity contribution in [2.45, 2.75) is 26.0 Å². The summed E-state index contributed by atoms with van der Waals surface area (Å²) in [6, 6.07) is 14.0. The molecule has 2 saturated heterocycles. The number of nitro benzene ring substituents is 1. The number of aryl methyl sites for hydroxylation is 1. The molecule has 0 radical (unpaired) electrons. The zero-order valence-electron chi connectivity index (χ0n) is 19.5. The summed E-state index contributed by atoms with van der Waals surface area (Å²) in [6.07, 6.45) is -1.17. The highest BCUT2D eigenvalue weighted by Gasteiger charge is 2.61. The molecule has 0 aliphatic carbocycles. The number of benzene rings is 2. The van der Waals surface area contributed by atoms with Crippen molar-refractivity contribution < 1.29 is 28.9 Å². The van der Waals surface area contributed by atoms with E-state index in [0.29, 0.717) is 16.8 Å². The standard InChI is InChI=1S/C25H21N3O7S/c1-13-14(2)36-24(18(13)25(31)34-3)26-22(29)19-20(15-8-7-11-17(12-15)28(32)33)27(35-21(19)23(26)30)16-9-5-4-6-10-16/h4-12,19-21H,1-3H3/t19-,20+,21-/m0/s1. The number of fused-ring (bicyclic) bond motifs is 1. The molecule has 36 heavy (non-hydrogen) atoms. The molecular weight excluding hydrogens is 486 g/mol. The summed E-state index contributed by atoms with van der Waals surface area (Å²) in [7, 11) is 1.24. The Hall–Kier alpha value is -4.09. The monoisotopic (exact) mass is 507 g/mol. The molecule has 3 heterocycles. The number of methoxy groups -OCH3 is 1. The minimum absolute atomic E-state index is 0.143. The Balaban J connectivity index is 1.63. The second-order valence-electron chi connectivity index (χ2n) is 8.48. The fourth-order valence-corrected chi connectivity index (χ4v) is 5.84. The first-order valence-corrected chi connectivity index (χ1v) is 11.9. The third-order valence-electron chi connectivity index (χ3n) is 6.51. The summed E-state index contributed by atoms with van der Waals surface area (Å²) in [5.74, 6) is -2.80. The van der Waals surface area contributed by atoms with Crippen molar-refractivity contribution in [3.63, 3.8) is 0 Å². The van der Waals surface area contributed by atoms with Crippen molar-refractivity contribution in [2.24, 2.45) is 5.92 Å². The number of rotatable bonds is 5. The van der Waals surface area contributed by atoms with Gasteiger partial charge >= 0.3 is 5.97 Å². The topological polar surface area (TPSA) is 119 Å². The smallest absolute Gasteiger partial charge is 0.341 e. The van der Waals surface area contributed by atoms with Gasteiger partial charge in [-0.2, -0.15) is 0 Å². The minimum Gasteiger partial charge on any atom is -0.465 e. The third kappa shape index (κ3) is 3.55. The van der Waals surface area contributed by atoms with Gasteiger partial charge < -0.3 is 4.74 Å². The summed E-state index contributed by atoms with van der Waals surface area (Å²) in [5.41, 5.74) is 1.69. The SMILES string of the molecule is COC(=O)c1c(N2C(=O)[C@@H]3[C@H](ON(c4ccccc4)[C@@H]3c3cccc([N+](=O)[O-])c3)C2=O)sc(C)c1C. The number of thiophene rings is 1. The largest absolute Gasteiger partial charge is 0.465 e. The molecule has 10 nitrogen and oxygen atoms in total. The van der Waals surface area contributed by atoms with Crippen LogP contribution in [0, 0.1) is 29.9 Å². The van der Waals surface area contributed by atoms with E-state index in [-0.39, 0.29) is 16.3 Å². The minimum atomic E-state index is -1.17. The fraction of sp³-hybridized carbons (Fsp3) is 0.240. The molecule has 2 aromatic carbocycles. The van der Waals surface area contributed by atoms with Crippen LogP contribution in [0.5, 0.6) is 0 Å². The number of hydroxylamine groups is 1. The number of para-hydroxylation sites is 1. The zero-order valence-corrected chi connectivity index (χ0v) is 20.4. The van der Waals surface area contributed by atoms with Crippen LogP contribution >= 0.6 is 11.3 Å². The number of ether oxygens (including phenoxy) is 1. The lowest BCUT2D eigenvalue weighted by molar-refractivity contribution is -0.384. The van der Waals surface area contributed by atoms with Crippen molar-refractivity contribution in [2.75, 3.05) is 17.1 Å². The first kappa shape index (κ1) is 23.6. The molecule has 1 aromatic heterocycles. The van der Waals surface area contributed by atoms with Crippen LogP contribution in [0.25, 0.3) is 0 Å². The predicted molar refractivity (Wildman–Crippen MR) is 131 cm³/mol. The molecule has 0 spiro atoms. The number of nitrogens with zero attached hydrogens (tertiary/aromatic N) is 3. The van der Waals surface area contributed by atoms with E-state index in [1.54, 1.807) is 44.2 Å². The Bertz CT molecular complexity index is 1400. The lowest BCUT2D eigenvalue weighted by Gasteiger charge is -2.28. The number of hydrogen-bond donors (Lipinski definition) is 0. The van der Waals surface area contributed by atoms with E-state index in [2.05, 4.69) is 0 Å². The van der Waals surface area contributed by atoms with Crippen molar-refractivity contribution in [1.29, 1.82) is 0 Å². The molecular formula is C25H21N3O7S. The first-order chi connectivity index (χ1) is 17.2. The first-order valence-electron chi connectivity index (χ1n) is 11.1. The highest BCUT2D eigenvalue weighted by atomic mass is 32.1. The van der Waals surface area contributed by atoms with E-state index in [1.165, 1.54) is 30.4 Å². The maximum Gasteiger partial charge on any atom is 0.341 e. The molecule has 5 rings (SSSR count). The van der Waals surface area contributed by atoms with E-state index in [9.17, 15) is 24.5 Å². The summed E-state index contributed by atoms with van der Waals surface area (Å²) >= 11 is 1.15. The number of carbonyl (C=O) groups is 3.